The predicted molar refractivity (Wildman–Crippen MR) is 79.6 cm³/mol. The number of hydrogen-bond acceptors (Lipinski definition) is 4. The van der Waals surface area contributed by atoms with Crippen molar-refractivity contribution in [3.63, 3.8) is 0 Å². The maximum atomic E-state index is 12.7. The van der Waals surface area contributed by atoms with Gasteiger partial charge in [0.05, 0.1) is 11.3 Å². The van der Waals surface area contributed by atoms with Crippen molar-refractivity contribution >= 4 is 21.7 Å². The molecule has 0 aromatic heterocycles. The second-order valence-electron chi connectivity index (χ2n) is 5.36. The third kappa shape index (κ3) is 3.54. The number of carboxylic acids is 1. The Bertz CT molecular complexity index is 638. The Morgan fingerprint density at radius 3 is 2.57 bits per heavy atom. The fraction of sp³-hybridized carbons (Fsp3) is 0.500. The van der Waals surface area contributed by atoms with Gasteiger partial charge in [-0.2, -0.15) is 4.31 Å². The van der Waals surface area contributed by atoms with Gasteiger partial charge in [0.25, 0.3) is 0 Å². The van der Waals surface area contributed by atoms with E-state index in [2.05, 4.69) is 0 Å². The van der Waals surface area contributed by atoms with Gasteiger partial charge < -0.3 is 10.8 Å². The van der Waals surface area contributed by atoms with Gasteiger partial charge in [-0.3, -0.25) is 0 Å². The van der Waals surface area contributed by atoms with Crippen LogP contribution in [0.3, 0.4) is 0 Å². The third-order valence-corrected chi connectivity index (χ3v) is 5.45. The van der Waals surface area contributed by atoms with Crippen LogP contribution < -0.4 is 5.73 Å². The number of benzene rings is 1. The van der Waals surface area contributed by atoms with Crippen LogP contribution >= 0.6 is 0 Å². The highest BCUT2D eigenvalue weighted by molar-refractivity contribution is 7.89. The Hall–Kier alpha value is -1.60. The number of nitrogens with zero attached hydrogens (tertiary/aromatic N) is 1. The summed E-state index contributed by atoms with van der Waals surface area (Å²) in [5.74, 6) is -0.695. The number of nitrogen functional groups attached to an aromatic ring is 1. The monoisotopic (exact) mass is 312 g/mol. The van der Waals surface area contributed by atoms with Crippen LogP contribution in [0.5, 0.6) is 0 Å². The number of sulfonamides is 1. The van der Waals surface area contributed by atoms with Crippen LogP contribution in [0.4, 0.5) is 5.69 Å². The molecule has 0 saturated heterocycles. The zero-order chi connectivity index (χ0) is 15.6. The van der Waals surface area contributed by atoms with Gasteiger partial charge in [0.1, 0.15) is 4.90 Å². The molecule has 6 nitrogen and oxygen atoms in total. The van der Waals surface area contributed by atoms with E-state index in [0.29, 0.717) is 19.0 Å². The molecule has 0 radical (unpaired) electrons. The van der Waals surface area contributed by atoms with Crippen molar-refractivity contribution in [1.82, 2.24) is 4.31 Å². The van der Waals surface area contributed by atoms with E-state index < -0.39 is 16.0 Å². The van der Waals surface area contributed by atoms with E-state index in [1.165, 1.54) is 22.5 Å². The van der Waals surface area contributed by atoms with Gasteiger partial charge in [0.15, 0.2) is 0 Å². The van der Waals surface area contributed by atoms with E-state index >= 15 is 0 Å². The molecule has 0 unspecified atom stereocenters. The molecule has 3 N–H and O–H groups in total. The standard InChI is InChI=1S/C14H20N2O4S/c1-2-7-16(9-10-3-4-10)21(19,20)13-6-5-11(14(17)18)8-12(13)15/h5-6,8,10H,2-4,7,9,15H2,1H3,(H,17,18). The first-order valence-corrected chi connectivity index (χ1v) is 8.43. The Labute approximate surface area is 124 Å². The summed E-state index contributed by atoms with van der Waals surface area (Å²) < 4.78 is 26.8. The number of hydrogen-bond donors (Lipinski definition) is 2. The Morgan fingerprint density at radius 1 is 1.43 bits per heavy atom. The van der Waals surface area contributed by atoms with Crippen LogP contribution in [0, 0.1) is 5.92 Å². The summed E-state index contributed by atoms with van der Waals surface area (Å²) in [6.45, 7) is 2.88. The van der Waals surface area contributed by atoms with Gasteiger partial charge in [0.2, 0.25) is 10.0 Å². The quantitative estimate of drug-likeness (QED) is 0.747. The van der Waals surface area contributed by atoms with E-state index in [0.717, 1.165) is 19.3 Å². The van der Waals surface area contributed by atoms with Crippen molar-refractivity contribution in [2.24, 2.45) is 5.92 Å². The predicted octanol–water partition coefficient (Wildman–Crippen LogP) is 1.78. The summed E-state index contributed by atoms with van der Waals surface area (Å²) in [6, 6.07) is 3.74. The summed E-state index contributed by atoms with van der Waals surface area (Å²) in [5, 5.41) is 8.91. The highest BCUT2D eigenvalue weighted by atomic mass is 32.2. The molecule has 116 valence electrons. The number of carbonyl (C=O) groups is 1. The Kier molecular flexibility index (Phi) is 4.53. The van der Waals surface area contributed by atoms with Crippen molar-refractivity contribution < 1.29 is 18.3 Å². The van der Waals surface area contributed by atoms with Gasteiger partial charge in [-0.05, 0) is 43.4 Å². The summed E-state index contributed by atoms with van der Waals surface area (Å²) in [6.07, 6.45) is 2.84. The van der Waals surface area contributed by atoms with Gasteiger partial charge >= 0.3 is 5.97 Å². The lowest BCUT2D eigenvalue weighted by Gasteiger charge is -2.22. The van der Waals surface area contributed by atoms with Crippen molar-refractivity contribution in [2.75, 3.05) is 18.8 Å². The van der Waals surface area contributed by atoms with E-state index in [-0.39, 0.29) is 16.1 Å². The molecule has 21 heavy (non-hydrogen) atoms. The summed E-state index contributed by atoms with van der Waals surface area (Å²) >= 11 is 0. The molecule has 1 aliphatic rings. The minimum absolute atomic E-state index is 0.0124. The highest BCUT2D eigenvalue weighted by Crippen LogP contribution is 2.32. The number of aromatic carboxylic acids is 1. The lowest BCUT2D eigenvalue weighted by molar-refractivity contribution is 0.0697. The van der Waals surface area contributed by atoms with Gasteiger partial charge in [-0.15, -0.1) is 0 Å². The minimum atomic E-state index is -3.68. The van der Waals surface area contributed by atoms with E-state index in [9.17, 15) is 13.2 Å². The van der Waals surface area contributed by atoms with Crippen molar-refractivity contribution in [3.8, 4) is 0 Å². The van der Waals surface area contributed by atoms with Crippen LogP contribution in [-0.4, -0.2) is 36.9 Å². The lowest BCUT2D eigenvalue weighted by atomic mass is 10.2. The number of carboxylic acid groups (broad SMARTS) is 1. The summed E-state index contributed by atoms with van der Waals surface area (Å²) in [7, 11) is -3.68. The average molecular weight is 312 g/mol. The molecule has 0 amide bonds. The number of rotatable bonds is 7. The second-order valence-corrected chi connectivity index (χ2v) is 7.27. The Morgan fingerprint density at radius 2 is 2.10 bits per heavy atom. The van der Waals surface area contributed by atoms with E-state index in [4.69, 9.17) is 10.8 Å². The summed E-state index contributed by atoms with van der Waals surface area (Å²) in [4.78, 5) is 10.9. The Balaban J connectivity index is 2.34. The zero-order valence-electron chi connectivity index (χ0n) is 11.9. The van der Waals surface area contributed by atoms with E-state index in [1.807, 2.05) is 6.92 Å². The van der Waals surface area contributed by atoms with Crippen molar-refractivity contribution in [3.05, 3.63) is 23.8 Å². The molecule has 0 heterocycles. The van der Waals surface area contributed by atoms with Crippen LogP contribution in [-0.2, 0) is 10.0 Å². The largest absolute Gasteiger partial charge is 0.478 e. The number of anilines is 1. The maximum absolute atomic E-state index is 12.7. The van der Waals surface area contributed by atoms with Gasteiger partial charge in [-0.25, -0.2) is 13.2 Å². The van der Waals surface area contributed by atoms with Gasteiger partial charge in [-0.1, -0.05) is 6.92 Å². The van der Waals surface area contributed by atoms with E-state index in [1.54, 1.807) is 0 Å². The molecule has 0 aliphatic heterocycles. The van der Waals surface area contributed by atoms with Gasteiger partial charge in [0, 0.05) is 13.1 Å². The molecule has 1 fully saturated rings. The highest BCUT2D eigenvalue weighted by Gasteiger charge is 2.32. The average Bonchev–Trinajstić information content (AvgIpc) is 3.21. The van der Waals surface area contributed by atoms with Crippen molar-refractivity contribution in [1.29, 1.82) is 0 Å². The second kappa shape index (κ2) is 6.03. The first kappa shape index (κ1) is 15.8. The molecule has 0 spiro atoms. The molecule has 1 aliphatic carbocycles. The molecule has 7 heteroatoms. The van der Waals surface area contributed by atoms with Crippen molar-refractivity contribution in [2.45, 2.75) is 31.1 Å². The first-order valence-electron chi connectivity index (χ1n) is 6.99. The van der Waals surface area contributed by atoms with Crippen LogP contribution in [0.15, 0.2) is 23.1 Å². The molecule has 1 aromatic rings. The molecule has 1 aromatic carbocycles. The molecular formula is C14H20N2O4S. The van der Waals surface area contributed by atoms with Crippen LogP contribution in [0.1, 0.15) is 36.5 Å². The molecule has 1 saturated carbocycles. The third-order valence-electron chi connectivity index (χ3n) is 3.51. The molecular weight excluding hydrogens is 292 g/mol. The number of nitrogens with two attached hydrogens (primary N) is 1. The first-order chi connectivity index (χ1) is 9.86. The smallest absolute Gasteiger partial charge is 0.335 e. The van der Waals surface area contributed by atoms with Crippen LogP contribution in [0.25, 0.3) is 0 Å². The maximum Gasteiger partial charge on any atom is 0.335 e. The topological polar surface area (TPSA) is 101 Å². The lowest BCUT2D eigenvalue weighted by Crippen LogP contribution is -2.34. The SMILES string of the molecule is CCCN(CC1CC1)S(=O)(=O)c1ccc(C(=O)O)cc1N. The molecule has 0 bridgehead atoms. The minimum Gasteiger partial charge on any atom is -0.478 e. The summed E-state index contributed by atoms with van der Waals surface area (Å²) in [5.41, 5.74) is 5.72. The molecule has 0 atom stereocenters. The zero-order valence-corrected chi connectivity index (χ0v) is 12.8. The fourth-order valence-electron chi connectivity index (χ4n) is 2.20. The fourth-order valence-corrected chi connectivity index (χ4v) is 3.91. The molecule has 2 rings (SSSR count). The van der Waals surface area contributed by atoms with Crippen LogP contribution in [0.2, 0.25) is 0 Å². The normalized spacial score (nSPS) is 15.3.